The molecule has 0 radical (unpaired) electrons. The van der Waals surface area contributed by atoms with Crippen LogP contribution in [0.4, 0.5) is 0 Å². The summed E-state index contributed by atoms with van der Waals surface area (Å²) in [7, 11) is 0. The quantitative estimate of drug-likeness (QED) is 0.718. The zero-order valence-electron chi connectivity index (χ0n) is 12.0. The van der Waals surface area contributed by atoms with Crippen molar-refractivity contribution in [3.8, 4) is 0 Å². The maximum Gasteiger partial charge on any atom is 0.0310 e. The average molecular weight is 247 g/mol. The van der Waals surface area contributed by atoms with Crippen molar-refractivity contribution in [2.24, 2.45) is 17.8 Å². The lowest BCUT2D eigenvalue weighted by atomic mass is 9.68. The summed E-state index contributed by atoms with van der Waals surface area (Å²) in [5.74, 6) is 2.86. The fourth-order valence-corrected chi connectivity index (χ4v) is 5.03. The molecule has 4 unspecified atom stereocenters. The molecule has 0 spiro atoms. The van der Waals surface area contributed by atoms with E-state index < -0.39 is 0 Å². The molecule has 1 heterocycles. The first-order chi connectivity index (χ1) is 8.77. The van der Waals surface area contributed by atoms with Crippen molar-refractivity contribution in [3.63, 3.8) is 0 Å². The number of hydrogen-bond acceptors (Lipinski definition) is 1. The highest BCUT2D eigenvalue weighted by atomic mass is 15.0. The predicted molar refractivity (Wildman–Crippen MR) is 77.5 cm³/mol. The van der Waals surface area contributed by atoms with Gasteiger partial charge in [-0.3, -0.25) is 0 Å². The van der Waals surface area contributed by atoms with E-state index in [2.05, 4.69) is 18.8 Å². The van der Waals surface area contributed by atoms with E-state index in [1.165, 1.54) is 63.4 Å². The molecule has 0 aromatic carbocycles. The van der Waals surface area contributed by atoms with E-state index >= 15 is 0 Å². The summed E-state index contributed by atoms with van der Waals surface area (Å²) in [6.07, 6.45) is 13.2. The van der Waals surface area contributed by atoms with Crippen LogP contribution in [0.2, 0.25) is 0 Å². The van der Waals surface area contributed by atoms with Crippen LogP contribution in [0.25, 0.3) is 0 Å². The molecule has 2 saturated carbocycles. The van der Waals surface area contributed by atoms with Crippen LogP contribution >= 0.6 is 0 Å². The fourth-order valence-electron chi connectivity index (χ4n) is 5.03. The van der Waals surface area contributed by atoms with E-state index in [0.29, 0.717) is 6.04 Å². The van der Waals surface area contributed by atoms with Gasteiger partial charge in [-0.05, 0) is 37.5 Å². The third kappa shape index (κ3) is 2.27. The highest BCUT2D eigenvalue weighted by Gasteiger charge is 2.46. The molecule has 3 fully saturated rings. The summed E-state index contributed by atoms with van der Waals surface area (Å²) < 4.78 is 0. The number of nitrogens with one attached hydrogen (secondary N) is 1. The molecule has 1 saturated heterocycles. The Morgan fingerprint density at radius 2 is 1.61 bits per heavy atom. The molecule has 3 rings (SSSR count). The SMILES string of the molecule is C=C(C)C1NC2CCCCC2C1C1CCCCC1. The molecule has 0 aromatic rings. The second-order valence-electron chi connectivity index (χ2n) is 7.02. The number of fused-ring (bicyclic) bond motifs is 1. The third-order valence-electron chi connectivity index (χ3n) is 5.82. The lowest BCUT2D eigenvalue weighted by Crippen LogP contribution is -2.34. The summed E-state index contributed by atoms with van der Waals surface area (Å²) in [6.45, 7) is 6.52. The summed E-state index contributed by atoms with van der Waals surface area (Å²) in [6, 6.07) is 1.44. The van der Waals surface area contributed by atoms with Gasteiger partial charge < -0.3 is 5.32 Å². The zero-order chi connectivity index (χ0) is 12.5. The monoisotopic (exact) mass is 247 g/mol. The minimum Gasteiger partial charge on any atom is -0.307 e. The molecular formula is C17H29N. The molecule has 3 aliphatic rings. The van der Waals surface area contributed by atoms with Crippen molar-refractivity contribution in [2.75, 3.05) is 0 Å². The van der Waals surface area contributed by atoms with Gasteiger partial charge >= 0.3 is 0 Å². The highest BCUT2D eigenvalue weighted by molar-refractivity contribution is 5.14. The van der Waals surface area contributed by atoms with Gasteiger partial charge in [-0.15, -0.1) is 0 Å². The topological polar surface area (TPSA) is 12.0 Å². The van der Waals surface area contributed by atoms with Gasteiger partial charge in [0.2, 0.25) is 0 Å². The van der Waals surface area contributed by atoms with E-state index in [4.69, 9.17) is 0 Å². The number of rotatable bonds is 2. The summed E-state index contributed by atoms with van der Waals surface area (Å²) in [4.78, 5) is 0. The summed E-state index contributed by atoms with van der Waals surface area (Å²) >= 11 is 0. The lowest BCUT2D eigenvalue weighted by molar-refractivity contribution is 0.166. The van der Waals surface area contributed by atoms with Gasteiger partial charge in [0, 0.05) is 12.1 Å². The molecule has 2 aliphatic carbocycles. The third-order valence-corrected chi connectivity index (χ3v) is 5.82. The second-order valence-corrected chi connectivity index (χ2v) is 7.02. The van der Waals surface area contributed by atoms with Crippen molar-refractivity contribution in [2.45, 2.75) is 76.8 Å². The number of hydrogen-bond donors (Lipinski definition) is 1. The van der Waals surface area contributed by atoms with Crippen LogP contribution < -0.4 is 5.32 Å². The minimum absolute atomic E-state index is 0.626. The van der Waals surface area contributed by atoms with Crippen molar-refractivity contribution >= 4 is 0 Å². The van der Waals surface area contributed by atoms with Gasteiger partial charge in [0.15, 0.2) is 0 Å². The van der Waals surface area contributed by atoms with Crippen LogP contribution in [0.15, 0.2) is 12.2 Å². The summed E-state index contributed by atoms with van der Waals surface area (Å²) in [5, 5.41) is 3.94. The van der Waals surface area contributed by atoms with Crippen LogP contribution in [0.1, 0.15) is 64.7 Å². The minimum atomic E-state index is 0.626. The summed E-state index contributed by atoms with van der Waals surface area (Å²) in [5.41, 5.74) is 1.39. The van der Waals surface area contributed by atoms with E-state index in [0.717, 1.165) is 23.8 Å². The molecule has 1 N–H and O–H groups in total. The average Bonchev–Trinajstić information content (AvgIpc) is 2.79. The van der Waals surface area contributed by atoms with Gasteiger partial charge in [0.05, 0.1) is 0 Å². The Kier molecular flexibility index (Phi) is 3.79. The molecule has 1 nitrogen and oxygen atoms in total. The Balaban J connectivity index is 1.79. The first kappa shape index (κ1) is 12.7. The smallest absolute Gasteiger partial charge is 0.0310 e. The second kappa shape index (κ2) is 5.36. The van der Waals surface area contributed by atoms with Gasteiger partial charge in [0.25, 0.3) is 0 Å². The normalized spacial score (nSPS) is 41.6. The molecule has 102 valence electrons. The van der Waals surface area contributed by atoms with Crippen LogP contribution in [-0.4, -0.2) is 12.1 Å². The fraction of sp³-hybridized carbons (Fsp3) is 0.882. The van der Waals surface area contributed by atoms with Crippen LogP contribution in [-0.2, 0) is 0 Å². The first-order valence-electron chi connectivity index (χ1n) is 8.19. The standard InChI is InChI=1S/C17H29N/c1-12(2)17-16(13-8-4-3-5-9-13)14-10-6-7-11-15(14)18-17/h13-18H,1,3-11H2,2H3. The van der Waals surface area contributed by atoms with Crippen molar-refractivity contribution in [3.05, 3.63) is 12.2 Å². The van der Waals surface area contributed by atoms with Crippen LogP contribution in [0.5, 0.6) is 0 Å². The lowest BCUT2D eigenvalue weighted by Gasteiger charge is -2.36. The van der Waals surface area contributed by atoms with Crippen LogP contribution in [0.3, 0.4) is 0 Å². The van der Waals surface area contributed by atoms with Gasteiger partial charge in [-0.1, -0.05) is 57.1 Å². The molecule has 1 aliphatic heterocycles. The Bertz CT molecular complexity index is 303. The van der Waals surface area contributed by atoms with Crippen molar-refractivity contribution in [1.29, 1.82) is 0 Å². The van der Waals surface area contributed by atoms with E-state index in [-0.39, 0.29) is 0 Å². The van der Waals surface area contributed by atoms with E-state index in [1.807, 2.05) is 0 Å². The first-order valence-corrected chi connectivity index (χ1v) is 8.19. The van der Waals surface area contributed by atoms with E-state index in [1.54, 1.807) is 0 Å². The predicted octanol–water partition coefficient (Wildman–Crippen LogP) is 4.29. The van der Waals surface area contributed by atoms with E-state index in [9.17, 15) is 0 Å². The highest BCUT2D eigenvalue weighted by Crippen LogP contribution is 2.46. The molecule has 0 bridgehead atoms. The molecule has 4 atom stereocenters. The van der Waals surface area contributed by atoms with Gasteiger partial charge in [-0.2, -0.15) is 0 Å². The molecule has 0 amide bonds. The van der Waals surface area contributed by atoms with Gasteiger partial charge in [-0.25, -0.2) is 0 Å². The van der Waals surface area contributed by atoms with Crippen LogP contribution in [0, 0.1) is 17.8 Å². The molecule has 1 heteroatoms. The molecular weight excluding hydrogens is 218 g/mol. The molecule has 0 aromatic heterocycles. The Morgan fingerprint density at radius 1 is 0.944 bits per heavy atom. The largest absolute Gasteiger partial charge is 0.307 e. The maximum absolute atomic E-state index is 4.28. The van der Waals surface area contributed by atoms with Gasteiger partial charge in [0.1, 0.15) is 0 Å². The Labute approximate surface area is 112 Å². The maximum atomic E-state index is 4.28. The van der Waals surface area contributed by atoms with Crippen molar-refractivity contribution in [1.82, 2.24) is 5.32 Å². The Hall–Kier alpha value is -0.300. The van der Waals surface area contributed by atoms with Crippen molar-refractivity contribution < 1.29 is 0 Å². The Morgan fingerprint density at radius 3 is 2.33 bits per heavy atom. The zero-order valence-corrected chi connectivity index (χ0v) is 12.0. The molecule has 18 heavy (non-hydrogen) atoms.